The van der Waals surface area contributed by atoms with E-state index in [0.717, 1.165) is 46.6 Å². The van der Waals surface area contributed by atoms with Crippen LogP contribution in [-0.4, -0.2) is 28.6 Å². The van der Waals surface area contributed by atoms with Crippen molar-refractivity contribution in [3.8, 4) is 5.75 Å². The number of aryl methyl sites for hydroxylation is 3. The summed E-state index contributed by atoms with van der Waals surface area (Å²) in [4.78, 5) is 20.0. The zero-order chi connectivity index (χ0) is 25.4. The van der Waals surface area contributed by atoms with Gasteiger partial charge in [-0.2, -0.15) is 0 Å². The van der Waals surface area contributed by atoms with Crippen LogP contribution in [0.3, 0.4) is 0 Å². The van der Waals surface area contributed by atoms with Crippen LogP contribution in [-0.2, 0) is 11.3 Å². The fourth-order valence-corrected chi connectivity index (χ4v) is 5.39. The third-order valence-electron chi connectivity index (χ3n) is 7.51. The van der Waals surface area contributed by atoms with Gasteiger partial charge in [-0.05, 0) is 67.1 Å². The quantitative estimate of drug-likeness (QED) is 0.236. The first kappa shape index (κ1) is 23.3. The Morgan fingerprint density at radius 3 is 2.62 bits per heavy atom. The molecule has 6 rings (SSSR count). The van der Waals surface area contributed by atoms with Gasteiger partial charge in [0.25, 0.3) is 0 Å². The van der Waals surface area contributed by atoms with Crippen molar-refractivity contribution < 1.29 is 9.53 Å². The smallest absolute Gasteiger partial charge is 0.227 e. The van der Waals surface area contributed by atoms with Crippen molar-refractivity contribution in [1.82, 2.24) is 9.55 Å². The van der Waals surface area contributed by atoms with Gasteiger partial charge < -0.3 is 14.2 Å². The van der Waals surface area contributed by atoms with E-state index in [0.29, 0.717) is 19.6 Å². The first-order chi connectivity index (χ1) is 18.1. The standard InChI is InChI=1S/C32H31N3O2/c1-22-15-16-26(19-23(22)2)35-21-25(20-31(35)36)32-33-28-12-5-6-13-29(28)34(32)17-8-18-37-30-14-7-10-24-9-3-4-11-27(24)30/h3-7,9-16,19,25H,8,17-18,20-21H2,1-2H3. The molecular weight excluding hydrogens is 458 g/mol. The summed E-state index contributed by atoms with van der Waals surface area (Å²) >= 11 is 0. The number of ether oxygens (including phenoxy) is 1. The van der Waals surface area contributed by atoms with Gasteiger partial charge >= 0.3 is 0 Å². The number of amides is 1. The fourth-order valence-electron chi connectivity index (χ4n) is 5.39. The van der Waals surface area contributed by atoms with Crippen LogP contribution >= 0.6 is 0 Å². The summed E-state index contributed by atoms with van der Waals surface area (Å²) < 4.78 is 8.51. The van der Waals surface area contributed by atoms with Crippen molar-refractivity contribution in [3.05, 3.63) is 102 Å². The summed E-state index contributed by atoms with van der Waals surface area (Å²) in [7, 11) is 0. The lowest BCUT2D eigenvalue weighted by Crippen LogP contribution is -2.24. The van der Waals surface area contributed by atoms with Crippen molar-refractivity contribution in [3.63, 3.8) is 0 Å². The van der Waals surface area contributed by atoms with Crippen LogP contribution in [0.25, 0.3) is 21.8 Å². The summed E-state index contributed by atoms with van der Waals surface area (Å²) in [6.07, 6.45) is 1.32. The molecule has 1 fully saturated rings. The average molecular weight is 490 g/mol. The molecule has 2 heterocycles. The van der Waals surface area contributed by atoms with Gasteiger partial charge in [0.2, 0.25) is 5.91 Å². The molecule has 1 aromatic heterocycles. The van der Waals surface area contributed by atoms with E-state index < -0.39 is 0 Å². The van der Waals surface area contributed by atoms with Gasteiger partial charge in [0.05, 0.1) is 17.6 Å². The van der Waals surface area contributed by atoms with E-state index in [9.17, 15) is 4.79 Å². The van der Waals surface area contributed by atoms with E-state index in [2.05, 4.69) is 73.0 Å². The van der Waals surface area contributed by atoms with E-state index in [1.54, 1.807) is 0 Å². The number of imidazole rings is 1. The monoisotopic (exact) mass is 489 g/mol. The van der Waals surface area contributed by atoms with Crippen LogP contribution in [0.1, 0.15) is 35.7 Å². The minimum atomic E-state index is 0.0560. The molecule has 1 atom stereocenters. The van der Waals surface area contributed by atoms with E-state index in [1.807, 2.05) is 35.2 Å². The highest BCUT2D eigenvalue weighted by molar-refractivity contribution is 5.96. The molecule has 1 aliphatic rings. The molecule has 5 heteroatoms. The van der Waals surface area contributed by atoms with Gasteiger partial charge in [-0.25, -0.2) is 4.98 Å². The zero-order valence-corrected chi connectivity index (χ0v) is 21.4. The molecule has 4 aromatic carbocycles. The van der Waals surface area contributed by atoms with Crippen molar-refractivity contribution >= 4 is 33.4 Å². The van der Waals surface area contributed by atoms with Crippen molar-refractivity contribution in [2.24, 2.45) is 0 Å². The van der Waals surface area contributed by atoms with Gasteiger partial charge in [-0.3, -0.25) is 4.79 Å². The van der Waals surface area contributed by atoms with E-state index >= 15 is 0 Å². The molecule has 1 amide bonds. The highest BCUT2D eigenvalue weighted by Crippen LogP contribution is 2.34. The molecular formula is C32H31N3O2. The number of hydrogen-bond donors (Lipinski definition) is 0. The molecule has 0 bridgehead atoms. The second-order valence-corrected chi connectivity index (χ2v) is 9.96. The Morgan fingerprint density at radius 2 is 1.73 bits per heavy atom. The largest absolute Gasteiger partial charge is 0.493 e. The Hall–Kier alpha value is -4.12. The van der Waals surface area contributed by atoms with Crippen molar-refractivity contribution in [2.75, 3.05) is 18.1 Å². The lowest BCUT2D eigenvalue weighted by molar-refractivity contribution is -0.117. The molecule has 186 valence electrons. The predicted molar refractivity (Wildman–Crippen MR) is 149 cm³/mol. The molecule has 0 saturated carbocycles. The van der Waals surface area contributed by atoms with Gasteiger partial charge in [-0.15, -0.1) is 0 Å². The number of hydrogen-bond acceptors (Lipinski definition) is 3. The average Bonchev–Trinajstić information content (AvgIpc) is 3.48. The second-order valence-electron chi connectivity index (χ2n) is 9.96. The Balaban J connectivity index is 1.21. The minimum Gasteiger partial charge on any atom is -0.493 e. The van der Waals surface area contributed by atoms with Gasteiger partial charge in [0.15, 0.2) is 0 Å². The number of carbonyl (C=O) groups is 1. The van der Waals surface area contributed by atoms with Crippen molar-refractivity contribution in [1.29, 1.82) is 0 Å². The van der Waals surface area contributed by atoms with E-state index in [1.165, 1.54) is 16.5 Å². The van der Waals surface area contributed by atoms with E-state index in [-0.39, 0.29) is 11.8 Å². The molecule has 0 spiro atoms. The number of para-hydroxylation sites is 2. The Morgan fingerprint density at radius 1 is 0.919 bits per heavy atom. The fraction of sp³-hybridized carbons (Fsp3) is 0.250. The molecule has 0 aliphatic carbocycles. The second kappa shape index (κ2) is 9.74. The van der Waals surface area contributed by atoms with Crippen LogP contribution in [0.2, 0.25) is 0 Å². The molecule has 0 N–H and O–H groups in total. The highest BCUT2D eigenvalue weighted by atomic mass is 16.5. The Kier molecular flexibility index (Phi) is 6.13. The summed E-state index contributed by atoms with van der Waals surface area (Å²) in [5.41, 5.74) is 5.50. The molecule has 37 heavy (non-hydrogen) atoms. The third kappa shape index (κ3) is 4.46. The lowest BCUT2D eigenvalue weighted by atomic mass is 10.1. The number of anilines is 1. The van der Waals surface area contributed by atoms with Gasteiger partial charge in [0, 0.05) is 36.5 Å². The number of carbonyl (C=O) groups excluding carboxylic acids is 1. The SMILES string of the molecule is Cc1ccc(N2CC(c3nc4ccccc4n3CCCOc3cccc4ccccc34)CC2=O)cc1C. The maximum atomic E-state index is 13.1. The van der Waals surface area contributed by atoms with Crippen LogP contribution in [0.4, 0.5) is 5.69 Å². The number of benzene rings is 4. The maximum absolute atomic E-state index is 13.1. The summed E-state index contributed by atoms with van der Waals surface area (Å²) in [6, 6.07) is 29.0. The Bertz CT molecular complexity index is 1600. The predicted octanol–water partition coefficient (Wildman–Crippen LogP) is 6.80. The summed E-state index contributed by atoms with van der Waals surface area (Å²) in [6.45, 7) is 6.24. The van der Waals surface area contributed by atoms with Crippen LogP contribution in [0.15, 0.2) is 84.9 Å². The minimum absolute atomic E-state index is 0.0560. The number of fused-ring (bicyclic) bond motifs is 2. The molecule has 0 radical (unpaired) electrons. The molecule has 1 saturated heterocycles. The third-order valence-corrected chi connectivity index (χ3v) is 7.51. The van der Waals surface area contributed by atoms with E-state index in [4.69, 9.17) is 9.72 Å². The normalized spacial score (nSPS) is 15.7. The van der Waals surface area contributed by atoms with Gasteiger partial charge in [-0.1, -0.05) is 54.6 Å². The summed E-state index contributed by atoms with van der Waals surface area (Å²) in [5.74, 6) is 2.12. The number of nitrogens with zero attached hydrogens (tertiary/aromatic N) is 3. The van der Waals surface area contributed by atoms with Crippen molar-refractivity contribution in [2.45, 2.75) is 39.2 Å². The summed E-state index contributed by atoms with van der Waals surface area (Å²) in [5, 5.41) is 2.32. The number of rotatable bonds is 7. The highest BCUT2D eigenvalue weighted by Gasteiger charge is 2.34. The Labute approximate surface area is 217 Å². The van der Waals surface area contributed by atoms with Crippen LogP contribution < -0.4 is 9.64 Å². The van der Waals surface area contributed by atoms with Crippen LogP contribution in [0.5, 0.6) is 5.75 Å². The first-order valence-electron chi connectivity index (χ1n) is 13.0. The number of aromatic nitrogens is 2. The molecule has 1 unspecified atom stereocenters. The van der Waals surface area contributed by atoms with Gasteiger partial charge in [0.1, 0.15) is 11.6 Å². The maximum Gasteiger partial charge on any atom is 0.227 e. The lowest BCUT2D eigenvalue weighted by Gasteiger charge is -2.18. The van der Waals surface area contributed by atoms with Crippen LogP contribution in [0, 0.1) is 13.8 Å². The molecule has 5 aromatic rings. The molecule has 5 nitrogen and oxygen atoms in total. The first-order valence-corrected chi connectivity index (χ1v) is 13.0. The topological polar surface area (TPSA) is 47.4 Å². The molecule has 1 aliphatic heterocycles. The zero-order valence-electron chi connectivity index (χ0n) is 21.4.